The quantitative estimate of drug-likeness (QED) is 0.626. The number of hydrogen-bond donors (Lipinski definition) is 3. The molecule has 0 aromatic rings. The highest BCUT2D eigenvalue weighted by Gasteiger charge is 2.58. The molecule has 0 aliphatic heterocycles. The fourth-order valence-electron chi connectivity index (χ4n) is 0.606. The molecule has 0 fully saturated rings. The first-order valence-corrected chi connectivity index (χ1v) is 3.90. The van der Waals surface area contributed by atoms with Gasteiger partial charge in [0.2, 0.25) is 11.4 Å². The van der Waals surface area contributed by atoms with E-state index in [9.17, 15) is 22.8 Å². The van der Waals surface area contributed by atoms with Crippen LogP contribution in [0.3, 0.4) is 0 Å². The fraction of sp³-hybridized carbons (Fsp3) is 0.714. The molecule has 0 rings (SSSR count). The van der Waals surface area contributed by atoms with Crippen LogP contribution in [0.2, 0.25) is 0 Å². The van der Waals surface area contributed by atoms with E-state index in [2.05, 4.69) is 0 Å². The summed E-state index contributed by atoms with van der Waals surface area (Å²) in [6.07, 6.45) is -5.09. The standard InChI is InChI=1S/C7H11F3N2O3/c1-3(11)4(13)12-6(2,5(14)15)7(8,9)10/h3H,11H2,1-2H3,(H,12,13)(H,14,15)/t3-,6?/m0/s1. The van der Waals surface area contributed by atoms with E-state index in [1.165, 1.54) is 5.32 Å². The van der Waals surface area contributed by atoms with E-state index in [1.807, 2.05) is 0 Å². The Bertz CT molecular complexity index is 277. The van der Waals surface area contributed by atoms with Crippen molar-refractivity contribution in [1.82, 2.24) is 5.32 Å². The number of aliphatic carboxylic acids is 1. The maximum atomic E-state index is 12.3. The Morgan fingerprint density at radius 2 is 1.80 bits per heavy atom. The van der Waals surface area contributed by atoms with Gasteiger partial charge in [0.25, 0.3) is 0 Å². The lowest BCUT2D eigenvalue weighted by Crippen LogP contribution is -2.63. The van der Waals surface area contributed by atoms with E-state index in [0.29, 0.717) is 6.92 Å². The number of halogens is 3. The molecule has 0 heterocycles. The lowest BCUT2D eigenvalue weighted by Gasteiger charge is -2.29. The smallest absolute Gasteiger partial charge is 0.422 e. The van der Waals surface area contributed by atoms with Gasteiger partial charge in [-0.3, -0.25) is 4.79 Å². The third-order valence-corrected chi connectivity index (χ3v) is 1.78. The van der Waals surface area contributed by atoms with Gasteiger partial charge in [-0.15, -0.1) is 0 Å². The number of nitrogens with two attached hydrogens (primary N) is 1. The van der Waals surface area contributed by atoms with Crippen LogP contribution in [0, 0.1) is 0 Å². The van der Waals surface area contributed by atoms with E-state index in [1.54, 1.807) is 0 Å². The summed E-state index contributed by atoms with van der Waals surface area (Å²) in [7, 11) is 0. The molecule has 2 atom stereocenters. The molecule has 8 heteroatoms. The minimum Gasteiger partial charge on any atom is -0.479 e. The Morgan fingerprint density at radius 3 is 2.00 bits per heavy atom. The van der Waals surface area contributed by atoms with E-state index in [0.717, 1.165) is 6.92 Å². The van der Waals surface area contributed by atoms with E-state index < -0.39 is 29.6 Å². The molecular weight excluding hydrogens is 217 g/mol. The summed E-state index contributed by atoms with van der Waals surface area (Å²) in [5.74, 6) is -3.37. The topological polar surface area (TPSA) is 92.4 Å². The second-order valence-electron chi connectivity index (χ2n) is 3.21. The second kappa shape index (κ2) is 4.05. The zero-order chi connectivity index (χ0) is 12.4. The summed E-state index contributed by atoms with van der Waals surface area (Å²) in [4.78, 5) is 21.4. The number of hydrogen-bond acceptors (Lipinski definition) is 3. The van der Waals surface area contributed by atoms with Gasteiger partial charge >= 0.3 is 12.1 Å². The van der Waals surface area contributed by atoms with E-state index >= 15 is 0 Å². The predicted octanol–water partition coefficient (Wildman–Crippen LogP) is -0.145. The molecule has 1 unspecified atom stereocenters. The molecule has 15 heavy (non-hydrogen) atoms. The van der Waals surface area contributed by atoms with E-state index in [4.69, 9.17) is 10.8 Å². The summed E-state index contributed by atoms with van der Waals surface area (Å²) < 4.78 is 37.0. The highest BCUT2D eigenvalue weighted by atomic mass is 19.4. The van der Waals surface area contributed by atoms with Crippen molar-refractivity contribution >= 4 is 11.9 Å². The molecule has 0 aromatic carbocycles. The van der Waals surface area contributed by atoms with Crippen LogP contribution in [-0.4, -0.2) is 34.7 Å². The number of amides is 1. The maximum Gasteiger partial charge on any atom is 0.422 e. The lowest BCUT2D eigenvalue weighted by atomic mass is 10.0. The van der Waals surface area contributed by atoms with Crippen molar-refractivity contribution in [3.63, 3.8) is 0 Å². The van der Waals surface area contributed by atoms with Gasteiger partial charge in [-0.25, -0.2) is 4.79 Å². The largest absolute Gasteiger partial charge is 0.479 e. The Balaban J connectivity index is 5.01. The number of carbonyl (C=O) groups is 2. The Kier molecular flexibility index (Phi) is 3.70. The van der Waals surface area contributed by atoms with Gasteiger partial charge in [0.1, 0.15) is 0 Å². The van der Waals surface area contributed by atoms with Gasteiger partial charge in [0.15, 0.2) is 0 Å². The molecule has 0 aromatic heterocycles. The molecule has 4 N–H and O–H groups in total. The lowest BCUT2D eigenvalue weighted by molar-refractivity contribution is -0.207. The number of alkyl halides is 3. The highest BCUT2D eigenvalue weighted by molar-refractivity contribution is 5.89. The first kappa shape index (κ1) is 13.7. The first-order chi connectivity index (χ1) is 6.52. The highest BCUT2D eigenvalue weighted by Crippen LogP contribution is 2.30. The monoisotopic (exact) mass is 228 g/mol. The van der Waals surface area contributed by atoms with Crippen LogP contribution in [-0.2, 0) is 9.59 Å². The van der Waals surface area contributed by atoms with Crippen molar-refractivity contribution in [2.45, 2.75) is 31.6 Å². The molecule has 5 nitrogen and oxygen atoms in total. The minimum absolute atomic E-state index is 0.357. The van der Waals surface area contributed by atoms with Gasteiger partial charge in [0.05, 0.1) is 6.04 Å². The summed E-state index contributed by atoms with van der Waals surface area (Å²) in [6.45, 7) is 1.50. The molecule has 0 saturated heterocycles. The SMILES string of the molecule is C[C@H](N)C(=O)NC(C)(C(=O)O)C(F)(F)F. The van der Waals surface area contributed by atoms with Gasteiger partial charge in [-0.2, -0.15) is 13.2 Å². The van der Waals surface area contributed by atoms with Gasteiger partial charge in [-0.05, 0) is 13.8 Å². The van der Waals surface area contributed by atoms with Crippen LogP contribution >= 0.6 is 0 Å². The molecular formula is C7H11F3N2O3. The number of rotatable bonds is 3. The maximum absolute atomic E-state index is 12.3. The van der Waals surface area contributed by atoms with Crippen molar-refractivity contribution in [2.24, 2.45) is 5.73 Å². The number of carboxylic acids is 1. The third-order valence-electron chi connectivity index (χ3n) is 1.78. The van der Waals surface area contributed by atoms with E-state index in [-0.39, 0.29) is 0 Å². The summed E-state index contributed by atoms with van der Waals surface area (Å²) in [5, 5.41) is 9.77. The second-order valence-corrected chi connectivity index (χ2v) is 3.21. The van der Waals surface area contributed by atoms with Crippen LogP contribution in [0.5, 0.6) is 0 Å². The van der Waals surface area contributed by atoms with Crippen LogP contribution in [0.4, 0.5) is 13.2 Å². The Labute approximate surface area is 83.4 Å². The summed E-state index contributed by atoms with van der Waals surface area (Å²) >= 11 is 0. The van der Waals surface area contributed by atoms with Crippen molar-refractivity contribution in [2.75, 3.05) is 0 Å². The normalized spacial score (nSPS) is 17.7. The molecule has 0 spiro atoms. The molecule has 0 aliphatic rings. The van der Waals surface area contributed by atoms with Gasteiger partial charge in [0, 0.05) is 0 Å². The molecule has 88 valence electrons. The average Bonchev–Trinajstić information content (AvgIpc) is 2.01. The van der Waals surface area contributed by atoms with Crippen molar-refractivity contribution in [3.8, 4) is 0 Å². The molecule has 1 amide bonds. The minimum atomic E-state index is -5.09. The molecule has 0 saturated carbocycles. The Morgan fingerprint density at radius 1 is 1.40 bits per heavy atom. The number of nitrogens with one attached hydrogen (secondary N) is 1. The summed E-state index contributed by atoms with van der Waals surface area (Å²) in [5.41, 5.74) is 1.69. The van der Waals surface area contributed by atoms with Crippen LogP contribution < -0.4 is 11.1 Å². The van der Waals surface area contributed by atoms with Crippen LogP contribution in [0.15, 0.2) is 0 Å². The van der Waals surface area contributed by atoms with Gasteiger partial charge < -0.3 is 16.2 Å². The number of carboxylic acid groups (broad SMARTS) is 1. The predicted molar refractivity (Wildman–Crippen MR) is 43.9 cm³/mol. The first-order valence-electron chi connectivity index (χ1n) is 3.90. The number of carbonyl (C=O) groups excluding carboxylic acids is 1. The molecule has 0 bridgehead atoms. The van der Waals surface area contributed by atoms with Gasteiger partial charge in [-0.1, -0.05) is 0 Å². The Hall–Kier alpha value is -1.31. The van der Waals surface area contributed by atoms with Crippen molar-refractivity contribution in [1.29, 1.82) is 0 Å². The zero-order valence-corrected chi connectivity index (χ0v) is 8.05. The average molecular weight is 228 g/mol. The van der Waals surface area contributed by atoms with Crippen molar-refractivity contribution in [3.05, 3.63) is 0 Å². The van der Waals surface area contributed by atoms with Crippen LogP contribution in [0.1, 0.15) is 13.8 Å². The third kappa shape index (κ3) is 2.82. The van der Waals surface area contributed by atoms with Crippen LogP contribution in [0.25, 0.3) is 0 Å². The fourth-order valence-corrected chi connectivity index (χ4v) is 0.606. The summed E-state index contributed by atoms with van der Waals surface area (Å²) in [6, 6.07) is -1.22. The molecule has 0 aliphatic carbocycles. The molecule has 0 radical (unpaired) electrons. The zero-order valence-electron chi connectivity index (χ0n) is 8.05. The van der Waals surface area contributed by atoms with Crippen molar-refractivity contribution < 1.29 is 27.9 Å².